The standard InChI is InChI=1S/2C10H14O3S.Zn/c2*1-2-3-8-13-9-4-6-10(7-5-9)14(11)12;/h2*4-7H,2-3,8H2,1H3,(H,11,12);/q;;+2/p-2. The van der Waals surface area contributed by atoms with Crippen LogP contribution in [-0.2, 0) is 41.6 Å². The molecular weight excluding hydrogens is 466 g/mol. The Balaban J connectivity index is 0.000000523. The van der Waals surface area contributed by atoms with Crippen molar-refractivity contribution in [3.8, 4) is 11.5 Å². The molecule has 29 heavy (non-hydrogen) atoms. The zero-order chi connectivity index (χ0) is 20.8. The van der Waals surface area contributed by atoms with E-state index in [0.29, 0.717) is 24.7 Å². The van der Waals surface area contributed by atoms with Crippen LogP contribution in [0.2, 0.25) is 0 Å². The van der Waals surface area contributed by atoms with E-state index < -0.39 is 22.2 Å². The zero-order valence-electron chi connectivity index (χ0n) is 16.8. The van der Waals surface area contributed by atoms with Crippen molar-refractivity contribution in [2.45, 2.75) is 49.3 Å². The molecule has 2 unspecified atom stereocenters. The Morgan fingerprint density at radius 1 is 0.690 bits per heavy atom. The van der Waals surface area contributed by atoms with E-state index in [2.05, 4.69) is 13.8 Å². The second-order valence-corrected chi connectivity index (χ2v) is 7.70. The first kappa shape index (κ1) is 27.9. The molecule has 156 valence electrons. The molecule has 0 aliphatic heterocycles. The molecule has 2 aromatic carbocycles. The first-order valence-corrected chi connectivity index (χ1v) is 11.3. The molecule has 9 heteroatoms. The van der Waals surface area contributed by atoms with Gasteiger partial charge in [0.25, 0.3) is 0 Å². The minimum atomic E-state index is -2.15. The molecule has 0 radical (unpaired) electrons. The predicted molar refractivity (Wildman–Crippen MR) is 108 cm³/mol. The van der Waals surface area contributed by atoms with Crippen LogP contribution in [0.4, 0.5) is 0 Å². The summed E-state index contributed by atoms with van der Waals surface area (Å²) in [4.78, 5) is 0.570. The van der Waals surface area contributed by atoms with E-state index in [1.54, 1.807) is 24.3 Å². The summed E-state index contributed by atoms with van der Waals surface area (Å²) in [6.45, 7) is 5.53. The Morgan fingerprint density at radius 2 is 1.00 bits per heavy atom. The molecule has 2 aromatic rings. The van der Waals surface area contributed by atoms with Crippen LogP contribution in [0, 0.1) is 0 Å². The van der Waals surface area contributed by atoms with Crippen LogP contribution < -0.4 is 9.47 Å². The van der Waals surface area contributed by atoms with Crippen LogP contribution in [-0.4, -0.2) is 30.7 Å². The Bertz CT molecular complexity index is 659. The van der Waals surface area contributed by atoms with Gasteiger partial charge in [-0.2, -0.15) is 0 Å². The second-order valence-electron chi connectivity index (χ2n) is 5.82. The molecule has 0 saturated carbocycles. The minimum Gasteiger partial charge on any atom is -0.768 e. The van der Waals surface area contributed by atoms with Crippen LogP contribution in [0.25, 0.3) is 0 Å². The average molecular weight is 492 g/mol. The molecule has 0 aromatic heterocycles. The van der Waals surface area contributed by atoms with Gasteiger partial charge in [-0.25, -0.2) is 0 Å². The SMILES string of the molecule is CCCCOc1ccc(S(=O)[O-])cc1.CCCCOc1ccc(S(=O)[O-])cc1.[Zn+2]. The third-order valence-corrected chi connectivity index (χ3v) is 4.88. The fourth-order valence-electron chi connectivity index (χ4n) is 1.96. The molecule has 6 nitrogen and oxygen atoms in total. The molecule has 0 heterocycles. The van der Waals surface area contributed by atoms with Gasteiger partial charge in [0.1, 0.15) is 11.5 Å². The molecule has 0 bridgehead atoms. The quantitative estimate of drug-likeness (QED) is 0.280. The summed E-state index contributed by atoms with van der Waals surface area (Å²) in [6.07, 6.45) is 4.19. The van der Waals surface area contributed by atoms with E-state index in [4.69, 9.17) is 9.47 Å². The molecule has 0 spiro atoms. The van der Waals surface area contributed by atoms with Gasteiger partial charge >= 0.3 is 19.5 Å². The Morgan fingerprint density at radius 3 is 1.24 bits per heavy atom. The topological polar surface area (TPSA) is 98.7 Å². The zero-order valence-corrected chi connectivity index (χ0v) is 21.4. The van der Waals surface area contributed by atoms with Gasteiger partial charge in [-0.15, -0.1) is 0 Å². The van der Waals surface area contributed by atoms with Gasteiger partial charge in [0, 0.05) is 9.79 Å². The minimum absolute atomic E-state index is 0. The van der Waals surface area contributed by atoms with Crippen molar-refractivity contribution in [2.24, 2.45) is 0 Å². The molecule has 2 atom stereocenters. The van der Waals surface area contributed by atoms with Gasteiger partial charge < -0.3 is 18.6 Å². The van der Waals surface area contributed by atoms with Crippen molar-refractivity contribution >= 4 is 22.2 Å². The second kappa shape index (κ2) is 16.7. The van der Waals surface area contributed by atoms with Crippen molar-refractivity contribution in [3.63, 3.8) is 0 Å². The molecule has 2 rings (SSSR count). The third kappa shape index (κ3) is 12.2. The number of ether oxygens (including phenoxy) is 2. The summed E-state index contributed by atoms with van der Waals surface area (Å²) in [5.74, 6) is 1.43. The number of hydrogen-bond acceptors (Lipinski definition) is 6. The molecule has 0 aliphatic rings. The van der Waals surface area contributed by atoms with Gasteiger partial charge in [0.05, 0.1) is 13.2 Å². The van der Waals surface area contributed by atoms with Crippen LogP contribution in [0.3, 0.4) is 0 Å². The summed E-state index contributed by atoms with van der Waals surface area (Å²) in [6, 6.07) is 12.8. The molecule has 0 aliphatic carbocycles. The van der Waals surface area contributed by atoms with Crippen molar-refractivity contribution < 1.29 is 46.5 Å². The van der Waals surface area contributed by atoms with E-state index in [1.165, 1.54) is 24.3 Å². The maximum Gasteiger partial charge on any atom is 2.00 e. The smallest absolute Gasteiger partial charge is 0.768 e. The first-order chi connectivity index (χ1) is 13.5. The van der Waals surface area contributed by atoms with Gasteiger partial charge in [-0.1, -0.05) is 26.7 Å². The van der Waals surface area contributed by atoms with Crippen molar-refractivity contribution in [1.29, 1.82) is 0 Å². The molecule has 0 N–H and O–H groups in total. The predicted octanol–water partition coefficient (Wildman–Crippen LogP) is 4.20. The van der Waals surface area contributed by atoms with Gasteiger partial charge in [0.2, 0.25) is 0 Å². The largest absolute Gasteiger partial charge is 2.00 e. The summed E-state index contributed by atoms with van der Waals surface area (Å²) in [5.41, 5.74) is 0. The van der Waals surface area contributed by atoms with E-state index in [-0.39, 0.29) is 29.3 Å². The summed E-state index contributed by atoms with van der Waals surface area (Å²) in [5, 5.41) is 0. The summed E-state index contributed by atoms with van der Waals surface area (Å²) >= 11 is -4.30. The van der Waals surface area contributed by atoms with Crippen molar-refractivity contribution in [2.75, 3.05) is 13.2 Å². The number of benzene rings is 2. The van der Waals surface area contributed by atoms with E-state index in [1.807, 2.05) is 0 Å². The average Bonchev–Trinajstić information content (AvgIpc) is 2.70. The Kier molecular flexibility index (Phi) is 16.0. The molecular formula is C20H26O6S2Zn. The fraction of sp³-hybridized carbons (Fsp3) is 0.400. The first-order valence-electron chi connectivity index (χ1n) is 9.12. The van der Waals surface area contributed by atoms with Crippen LogP contribution in [0.1, 0.15) is 39.5 Å². The van der Waals surface area contributed by atoms with Gasteiger partial charge in [-0.05, 0) is 83.5 Å². The maximum absolute atomic E-state index is 10.5. The number of hydrogen-bond donors (Lipinski definition) is 0. The van der Waals surface area contributed by atoms with E-state index >= 15 is 0 Å². The maximum atomic E-state index is 10.5. The van der Waals surface area contributed by atoms with E-state index in [0.717, 1.165) is 25.7 Å². The van der Waals surface area contributed by atoms with E-state index in [9.17, 15) is 17.5 Å². The molecule has 0 fully saturated rings. The van der Waals surface area contributed by atoms with Crippen molar-refractivity contribution in [1.82, 2.24) is 0 Å². The van der Waals surface area contributed by atoms with Gasteiger partial charge in [0.15, 0.2) is 0 Å². The Hall–Kier alpha value is -1.12. The van der Waals surface area contributed by atoms with Crippen LogP contribution >= 0.6 is 0 Å². The molecule has 0 saturated heterocycles. The van der Waals surface area contributed by atoms with Crippen molar-refractivity contribution in [3.05, 3.63) is 48.5 Å². The number of rotatable bonds is 10. The third-order valence-electron chi connectivity index (χ3n) is 3.57. The Labute approximate surface area is 190 Å². The normalized spacial score (nSPS) is 12.0. The fourth-order valence-corrected chi connectivity index (χ4v) is 2.68. The summed E-state index contributed by atoms with van der Waals surface area (Å²) < 4.78 is 52.9. The van der Waals surface area contributed by atoms with Gasteiger partial charge in [-0.3, -0.25) is 8.42 Å². The van der Waals surface area contributed by atoms with Crippen LogP contribution in [0.5, 0.6) is 11.5 Å². The number of unbranched alkanes of at least 4 members (excludes halogenated alkanes) is 2. The van der Waals surface area contributed by atoms with Crippen LogP contribution in [0.15, 0.2) is 58.3 Å². The summed E-state index contributed by atoms with van der Waals surface area (Å²) in [7, 11) is 0. The molecule has 0 amide bonds. The monoisotopic (exact) mass is 490 g/mol.